The van der Waals surface area contributed by atoms with Gasteiger partial charge in [0.05, 0.1) is 33.4 Å². The van der Waals surface area contributed by atoms with Gasteiger partial charge in [0, 0.05) is 19.8 Å². The molecule has 0 saturated carbocycles. The number of imidazole rings is 2. The molecule has 0 radical (unpaired) electrons. The van der Waals surface area contributed by atoms with Gasteiger partial charge >= 0.3 is 0 Å². The van der Waals surface area contributed by atoms with Crippen molar-refractivity contribution in [3.05, 3.63) is 65.7 Å². The number of rotatable bonds is 1. The Kier molecular flexibility index (Phi) is 3.35. The Morgan fingerprint density at radius 1 is 0.800 bits per heavy atom. The molecular formula is C25H25N5. The van der Waals surface area contributed by atoms with E-state index in [1.54, 1.807) is 0 Å². The van der Waals surface area contributed by atoms with Gasteiger partial charge in [-0.3, -0.25) is 4.40 Å². The highest BCUT2D eigenvalue weighted by molar-refractivity contribution is 5.98. The molecule has 2 aromatic heterocycles. The van der Waals surface area contributed by atoms with E-state index >= 15 is 0 Å². The molecule has 0 saturated heterocycles. The van der Waals surface area contributed by atoms with Crippen molar-refractivity contribution in [2.75, 3.05) is 16.8 Å². The zero-order chi connectivity index (χ0) is 20.7. The lowest BCUT2D eigenvalue weighted by molar-refractivity contribution is 0.732. The minimum absolute atomic E-state index is 0.236. The molecule has 5 aromatic rings. The van der Waals surface area contributed by atoms with E-state index in [4.69, 9.17) is 4.98 Å². The fourth-order valence-corrected chi connectivity index (χ4v) is 4.96. The summed E-state index contributed by atoms with van der Waals surface area (Å²) >= 11 is 0. The van der Waals surface area contributed by atoms with E-state index in [1.165, 1.54) is 39.2 Å². The molecule has 0 bridgehead atoms. The van der Waals surface area contributed by atoms with Crippen molar-refractivity contribution in [1.29, 1.82) is 0 Å². The molecule has 1 atom stereocenters. The van der Waals surface area contributed by atoms with Crippen LogP contribution >= 0.6 is 0 Å². The summed E-state index contributed by atoms with van der Waals surface area (Å²) in [6.45, 7) is 6.62. The number of para-hydroxylation sites is 2. The predicted octanol–water partition coefficient (Wildman–Crippen LogP) is 5.53. The van der Waals surface area contributed by atoms with E-state index in [-0.39, 0.29) is 6.17 Å². The first kappa shape index (κ1) is 17.4. The molecular weight excluding hydrogens is 370 g/mol. The summed E-state index contributed by atoms with van der Waals surface area (Å²) < 4.78 is 4.46. The molecule has 3 heterocycles. The summed E-state index contributed by atoms with van der Waals surface area (Å²) in [6.07, 6.45) is 0.236. The van der Waals surface area contributed by atoms with Crippen molar-refractivity contribution in [2.24, 2.45) is 7.05 Å². The van der Waals surface area contributed by atoms with Crippen LogP contribution < -0.4 is 9.80 Å². The third-order valence-electron chi connectivity index (χ3n) is 6.71. The predicted molar refractivity (Wildman–Crippen MR) is 125 cm³/mol. The molecule has 5 heteroatoms. The first-order valence-electron chi connectivity index (χ1n) is 10.4. The van der Waals surface area contributed by atoms with Gasteiger partial charge in [-0.15, -0.1) is 0 Å². The quantitative estimate of drug-likeness (QED) is 0.374. The second kappa shape index (κ2) is 5.79. The number of hydrogen-bond donors (Lipinski definition) is 0. The number of nitrogens with zero attached hydrogens (tertiary/aromatic N) is 5. The van der Waals surface area contributed by atoms with Gasteiger partial charge in [-0.25, -0.2) is 4.98 Å². The lowest BCUT2D eigenvalue weighted by Gasteiger charge is -2.29. The number of benzene rings is 3. The number of hydrogen-bond acceptors (Lipinski definition) is 3. The monoisotopic (exact) mass is 395 g/mol. The summed E-state index contributed by atoms with van der Waals surface area (Å²) in [5.74, 6) is 0.976. The van der Waals surface area contributed by atoms with Crippen molar-refractivity contribution in [3.8, 4) is 0 Å². The maximum atomic E-state index is 5.00. The highest BCUT2D eigenvalue weighted by Crippen LogP contribution is 2.46. The van der Waals surface area contributed by atoms with Gasteiger partial charge in [0.1, 0.15) is 6.17 Å². The first-order valence-corrected chi connectivity index (χ1v) is 10.4. The van der Waals surface area contributed by atoms with Crippen LogP contribution in [0.2, 0.25) is 0 Å². The third kappa shape index (κ3) is 2.09. The Bertz CT molecular complexity index is 1470. The minimum Gasteiger partial charge on any atom is -0.352 e. The molecule has 0 spiro atoms. The minimum atomic E-state index is 0.236. The lowest BCUT2D eigenvalue weighted by Crippen LogP contribution is -2.35. The molecule has 30 heavy (non-hydrogen) atoms. The number of aryl methyl sites for hydroxylation is 3. The average molecular weight is 396 g/mol. The summed E-state index contributed by atoms with van der Waals surface area (Å²) in [6, 6.07) is 19.8. The molecule has 0 N–H and O–H groups in total. The fourth-order valence-electron chi connectivity index (χ4n) is 4.96. The van der Waals surface area contributed by atoms with Crippen LogP contribution in [0.4, 0.5) is 17.1 Å². The van der Waals surface area contributed by atoms with Gasteiger partial charge in [-0.05, 0) is 62.2 Å². The highest BCUT2D eigenvalue weighted by Gasteiger charge is 2.33. The Labute approximate surface area is 175 Å². The molecule has 6 rings (SSSR count). The highest BCUT2D eigenvalue weighted by atomic mass is 15.4. The van der Waals surface area contributed by atoms with E-state index in [2.05, 4.69) is 108 Å². The Morgan fingerprint density at radius 3 is 2.37 bits per heavy atom. The topological polar surface area (TPSA) is 28.7 Å². The van der Waals surface area contributed by atoms with Crippen molar-refractivity contribution < 1.29 is 0 Å². The van der Waals surface area contributed by atoms with Crippen molar-refractivity contribution in [1.82, 2.24) is 14.0 Å². The van der Waals surface area contributed by atoms with Crippen LogP contribution in [0, 0.1) is 13.8 Å². The molecule has 3 aromatic carbocycles. The van der Waals surface area contributed by atoms with Gasteiger partial charge < -0.3 is 14.4 Å². The normalized spacial score (nSPS) is 16.4. The number of anilines is 3. The Hall–Kier alpha value is -3.47. The fraction of sp³-hybridized carbons (Fsp3) is 0.240. The van der Waals surface area contributed by atoms with E-state index in [0.29, 0.717) is 0 Å². The first-order chi connectivity index (χ1) is 14.5. The average Bonchev–Trinajstić information content (AvgIpc) is 3.32. The van der Waals surface area contributed by atoms with Gasteiger partial charge in [-0.1, -0.05) is 24.3 Å². The van der Waals surface area contributed by atoms with E-state index in [0.717, 1.165) is 16.8 Å². The van der Waals surface area contributed by atoms with Crippen molar-refractivity contribution >= 4 is 44.9 Å². The van der Waals surface area contributed by atoms with Gasteiger partial charge in [0.15, 0.2) is 0 Å². The Balaban J connectivity index is 1.69. The number of aromatic nitrogens is 3. The summed E-state index contributed by atoms with van der Waals surface area (Å²) in [7, 11) is 4.26. The zero-order valence-electron chi connectivity index (χ0n) is 18.0. The van der Waals surface area contributed by atoms with Crippen LogP contribution in [0.1, 0.15) is 18.1 Å². The van der Waals surface area contributed by atoms with E-state index < -0.39 is 0 Å². The lowest BCUT2D eigenvalue weighted by atomic mass is 10.1. The maximum Gasteiger partial charge on any atom is 0.215 e. The molecule has 1 aliphatic rings. The second-order valence-electron chi connectivity index (χ2n) is 8.53. The maximum absolute atomic E-state index is 5.00. The van der Waals surface area contributed by atoms with E-state index in [1.807, 2.05) is 0 Å². The molecule has 5 nitrogen and oxygen atoms in total. The molecule has 1 aliphatic heterocycles. The molecule has 150 valence electrons. The molecule has 0 fully saturated rings. The van der Waals surface area contributed by atoms with Gasteiger partial charge in [0.25, 0.3) is 0 Å². The standard InChI is InChI=1S/C25H25N5/c1-15-10-11-16(2)21(12-15)29-17(3)27(4)23-13-18-22(14-24(23)29)30-20-9-7-6-8-19(20)28(5)25(30)26-18/h6-14,17H,1-5H3/t17-/m0/s1. The number of fused-ring (bicyclic) bond motifs is 6. The largest absolute Gasteiger partial charge is 0.352 e. The second-order valence-corrected chi connectivity index (χ2v) is 8.53. The summed E-state index contributed by atoms with van der Waals surface area (Å²) in [5.41, 5.74) is 10.9. The van der Waals surface area contributed by atoms with Crippen LogP contribution in [0.5, 0.6) is 0 Å². The molecule has 0 unspecified atom stereocenters. The molecule has 0 amide bonds. The van der Waals surface area contributed by atoms with Crippen LogP contribution in [0.15, 0.2) is 54.6 Å². The van der Waals surface area contributed by atoms with Crippen LogP contribution in [0.25, 0.3) is 27.8 Å². The zero-order valence-corrected chi connectivity index (χ0v) is 18.0. The van der Waals surface area contributed by atoms with Crippen LogP contribution in [-0.4, -0.2) is 27.2 Å². The molecule has 0 aliphatic carbocycles. The van der Waals surface area contributed by atoms with Crippen molar-refractivity contribution in [2.45, 2.75) is 26.9 Å². The van der Waals surface area contributed by atoms with Crippen LogP contribution in [-0.2, 0) is 7.05 Å². The van der Waals surface area contributed by atoms with Crippen LogP contribution in [0.3, 0.4) is 0 Å². The van der Waals surface area contributed by atoms with E-state index in [9.17, 15) is 0 Å². The summed E-state index contributed by atoms with van der Waals surface area (Å²) in [5, 5.41) is 0. The smallest absolute Gasteiger partial charge is 0.215 e. The SMILES string of the molecule is Cc1ccc(C)c(N2c3cc4c(cc3N(C)[C@@H]2C)nc2n(C)c3ccccc3n42)c1. The van der Waals surface area contributed by atoms with Gasteiger partial charge in [-0.2, -0.15) is 0 Å². The van der Waals surface area contributed by atoms with Gasteiger partial charge in [0.2, 0.25) is 5.78 Å². The third-order valence-corrected chi connectivity index (χ3v) is 6.71. The summed E-state index contributed by atoms with van der Waals surface area (Å²) in [4.78, 5) is 9.80. The Morgan fingerprint density at radius 2 is 1.57 bits per heavy atom. The van der Waals surface area contributed by atoms with Crippen molar-refractivity contribution in [3.63, 3.8) is 0 Å².